The van der Waals surface area contributed by atoms with E-state index in [1.165, 1.54) is 0 Å². The van der Waals surface area contributed by atoms with Crippen molar-refractivity contribution < 1.29 is 20.4 Å². The van der Waals surface area contributed by atoms with Crippen LogP contribution in [0.25, 0.3) is 0 Å². The van der Waals surface area contributed by atoms with Crippen molar-refractivity contribution >= 4 is 0 Å². The molecule has 4 saturated carbocycles. The van der Waals surface area contributed by atoms with Gasteiger partial charge in [0.1, 0.15) is 0 Å². The predicted molar refractivity (Wildman–Crippen MR) is 123 cm³/mol. The predicted octanol–water partition coefficient (Wildman–Crippen LogP) is 4.38. The van der Waals surface area contributed by atoms with E-state index in [4.69, 9.17) is 0 Å². The molecule has 4 rings (SSSR count). The summed E-state index contributed by atoms with van der Waals surface area (Å²) in [5, 5.41) is 43.8. The Morgan fingerprint density at radius 3 is 2.26 bits per heavy atom. The van der Waals surface area contributed by atoms with Crippen LogP contribution in [0.2, 0.25) is 0 Å². The third-order valence-electron chi connectivity index (χ3n) is 10.9. The Hall–Kier alpha value is -0.160. The van der Waals surface area contributed by atoms with Gasteiger partial charge in [-0.3, -0.25) is 0 Å². The van der Waals surface area contributed by atoms with Crippen LogP contribution in [0.15, 0.2) is 0 Å². The van der Waals surface area contributed by atoms with Gasteiger partial charge < -0.3 is 20.4 Å². The summed E-state index contributed by atoms with van der Waals surface area (Å²) in [4.78, 5) is 0. The van der Waals surface area contributed by atoms with Crippen LogP contribution in [0.4, 0.5) is 0 Å². The molecule has 5 unspecified atom stereocenters. The van der Waals surface area contributed by atoms with E-state index in [-0.39, 0.29) is 41.2 Å². The molecule has 0 aromatic heterocycles. The van der Waals surface area contributed by atoms with Gasteiger partial charge in [-0.15, -0.1) is 0 Å². The van der Waals surface area contributed by atoms with Crippen molar-refractivity contribution in [1.82, 2.24) is 0 Å². The second kappa shape index (κ2) is 8.56. The van der Waals surface area contributed by atoms with Crippen LogP contribution in [0.1, 0.15) is 92.4 Å². The summed E-state index contributed by atoms with van der Waals surface area (Å²) in [6.07, 6.45) is 6.98. The molecular formula is C27H48O4. The van der Waals surface area contributed by atoms with Gasteiger partial charge in [-0.2, -0.15) is 0 Å². The standard InChI is InChI=1S/C27H48O4/c1-15(2)10-19(29)11-16(3)20-6-7-21-25-22(14-24(31)27(20,21)5)26(4)9-8-18(28)12-17(26)13-23(25)30/h15-25,28-31H,6-14H2,1-5H3/t16-,17?,18?,19?,20-,21+,22+,23?,24?,25+,26+,27-/m1/s1. The lowest BCUT2D eigenvalue weighted by Crippen LogP contribution is -2.62. The number of rotatable bonds is 5. The molecule has 0 amide bonds. The van der Waals surface area contributed by atoms with E-state index < -0.39 is 0 Å². The second-order valence-electron chi connectivity index (χ2n) is 13.0. The number of fused-ring (bicyclic) bond motifs is 5. The normalized spacial score (nSPS) is 51.7. The molecule has 0 radical (unpaired) electrons. The van der Waals surface area contributed by atoms with Crippen LogP contribution in [0, 0.1) is 52.3 Å². The Balaban J connectivity index is 1.56. The molecule has 12 atom stereocenters. The third-order valence-corrected chi connectivity index (χ3v) is 10.9. The van der Waals surface area contributed by atoms with Crippen LogP contribution < -0.4 is 0 Å². The molecule has 4 N–H and O–H groups in total. The highest BCUT2D eigenvalue weighted by molar-refractivity contribution is 5.14. The maximum atomic E-state index is 11.6. The van der Waals surface area contributed by atoms with Crippen molar-refractivity contribution in [2.24, 2.45) is 52.3 Å². The van der Waals surface area contributed by atoms with Gasteiger partial charge in [-0.1, -0.05) is 34.6 Å². The van der Waals surface area contributed by atoms with Gasteiger partial charge in [0, 0.05) is 0 Å². The van der Waals surface area contributed by atoms with Gasteiger partial charge in [0.25, 0.3) is 0 Å². The summed E-state index contributed by atoms with van der Waals surface area (Å²) in [6, 6.07) is 0. The maximum absolute atomic E-state index is 11.6. The van der Waals surface area contributed by atoms with Crippen LogP contribution in [0.5, 0.6) is 0 Å². The fourth-order valence-corrected chi connectivity index (χ4v) is 9.37. The molecule has 0 saturated heterocycles. The average molecular weight is 437 g/mol. The van der Waals surface area contributed by atoms with E-state index in [1.54, 1.807) is 0 Å². The van der Waals surface area contributed by atoms with Crippen LogP contribution in [-0.4, -0.2) is 44.8 Å². The Morgan fingerprint density at radius 2 is 1.58 bits per heavy atom. The summed E-state index contributed by atoms with van der Waals surface area (Å²) in [7, 11) is 0. The Labute approximate surface area is 189 Å². The average Bonchev–Trinajstić information content (AvgIpc) is 3.02. The monoisotopic (exact) mass is 436 g/mol. The van der Waals surface area contributed by atoms with Crippen molar-refractivity contribution in [2.45, 2.75) is 117 Å². The van der Waals surface area contributed by atoms with E-state index in [0.29, 0.717) is 35.5 Å². The molecule has 0 heterocycles. The van der Waals surface area contributed by atoms with Crippen LogP contribution >= 0.6 is 0 Å². The summed E-state index contributed by atoms with van der Waals surface area (Å²) in [5.41, 5.74) is -0.0426. The van der Waals surface area contributed by atoms with Crippen LogP contribution in [-0.2, 0) is 0 Å². The van der Waals surface area contributed by atoms with Crippen LogP contribution in [0.3, 0.4) is 0 Å². The molecule has 4 fully saturated rings. The number of hydrogen-bond donors (Lipinski definition) is 4. The largest absolute Gasteiger partial charge is 0.393 e. The number of aliphatic hydroxyl groups excluding tert-OH is 4. The maximum Gasteiger partial charge on any atom is 0.0602 e. The Kier molecular flexibility index (Phi) is 6.62. The fourth-order valence-electron chi connectivity index (χ4n) is 9.37. The summed E-state index contributed by atoms with van der Waals surface area (Å²) >= 11 is 0. The molecule has 180 valence electrons. The summed E-state index contributed by atoms with van der Waals surface area (Å²) < 4.78 is 0. The van der Waals surface area contributed by atoms with E-state index in [0.717, 1.165) is 57.8 Å². The van der Waals surface area contributed by atoms with E-state index in [9.17, 15) is 20.4 Å². The third kappa shape index (κ3) is 3.92. The van der Waals surface area contributed by atoms with Gasteiger partial charge >= 0.3 is 0 Å². The minimum absolute atomic E-state index is 0.128. The minimum atomic E-state index is -0.342. The molecule has 0 bridgehead atoms. The Bertz CT molecular complexity index is 637. The van der Waals surface area contributed by atoms with Gasteiger partial charge in [0.2, 0.25) is 0 Å². The van der Waals surface area contributed by atoms with E-state index in [2.05, 4.69) is 34.6 Å². The second-order valence-corrected chi connectivity index (χ2v) is 13.0. The molecule has 0 spiro atoms. The molecule has 0 aromatic rings. The quantitative estimate of drug-likeness (QED) is 0.515. The first kappa shape index (κ1) is 24.0. The first-order valence-electron chi connectivity index (χ1n) is 13.2. The van der Waals surface area contributed by atoms with Crippen molar-refractivity contribution in [2.75, 3.05) is 0 Å². The number of aliphatic hydroxyl groups is 4. The lowest BCUT2D eigenvalue weighted by atomic mass is 9.43. The molecule has 4 heteroatoms. The zero-order valence-electron chi connectivity index (χ0n) is 20.5. The molecule has 0 aliphatic heterocycles. The van der Waals surface area contributed by atoms with Crippen molar-refractivity contribution in [3.05, 3.63) is 0 Å². The molecule has 4 nitrogen and oxygen atoms in total. The Morgan fingerprint density at radius 1 is 0.871 bits per heavy atom. The lowest BCUT2D eigenvalue weighted by Gasteiger charge is -2.63. The summed E-state index contributed by atoms with van der Waals surface area (Å²) in [5.74, 6) is 2.62. The van der Waals surface area contributed by atoms with Gasteiger partial charge in [-0.05, 0) is 110 Å². The molecule has 4 aliphatic rings. The topological polar surface area (TPSA) is 80.9 Å². The minimum Gasteiger partial charge on any atom is -0.393 e. The first-order chi connectivity index (χ1) is 14.5. The molecule has 0 aromatic carbocycles. The van der Waals surface area contributed by atoms with Crippen molar-refractivity contribution in [3.63, 3.8) is 0 Å². The molecule has 31 heavy (non-hydrogen) atoms. The zero-order valence-corrected chi connectivity index (χ0v) is 20.5. The van der Waals surface area contributed by atoms with Gasteiger partial charge in [0.05, 0.1) is 24.4 Å². The van der Waals surface area contributed by atoms with Crippen molar-refractivity contribution in [3.8, 4) is 0 Å². The first-order valence-corrected chi connectivity index (χ1v) is 13.2. The molecular weight excluding hydrogens is 388 g/mol. The highest BCUT2D eigenvalue weighted by Crippen LogP contribution is 2.68. The SMILES string of the molecule is CC(C)CC(O)C[C@@H](C)[C@H]1CC[C@H]2[C@@H]3C(O)CC4CC(O)CC[C@]4(C)[C@H]3CC(O)[C@]12C. The lowest BCUT2D eigenvalue weighted by molar-refractivity contribution is -0.207. The van der Waals surface area contributed by atoms with Gasteiger partial charge in [-0.25, -0.2) is 0 Å². The van der Waals surface area contributed by atoms with E-state index in [1.807, 2.05) is 0 Å². The summed E-state index contributed by atoms with van der Waals surface area (Å²) in [6.45, 7) is 11.3. The van der Waals surface area contributed by atoms with Crippen molar-refractivity contribution in [1.29, 1.82) is 0 Å². The highest BCUT2D eigenvalue weighted by Gasteiger charge is 2.65. The highest BCUT2D eigenvalue weighted by atomic mass is 16.3. The zero-order chi connectivity index (χ0) is 22.7. The van der Waals surface area contributed by atoms with E-state index >= 15 is 0 Å². The fraction of sp³-hybridized carbons (Fsp3) is 1.00. The van der Waals surface area contributed by atoms with Gasteiger partial charge in [0.15, 0.2) is 0 Å². The number of hydrogen-bond acceptors (Lipinski definition) is 4. The smallest absolute Gasteiger partial charge is 0.0602 e. The molecule has 4 aliphatic carbocycles.